The Hall–Kier alpha value is -1.30. The molecule has 10 nitrogen and oxygen atoms in total. The highest BCUT2D eigenvalue weighted by Gasteiger charge is 2.45. The largest absolute Gasteiger partial charge is 0.463 e. The van der Waals surface area contributed by atoms with Crippen LogP contribution in [0.2, 0.25) is 0 Å². The molecule has 182 valence electrons. The summed E-state index contributed by atoms with van der Waals surface area (Å²) < 4.78 is 21.3. The van der Waals surface area contributed by atoms with Gasteiger partial charge in [0.05, 0.1) is 6.61 Å². The molecular formula is C21H38O10. The zero-order valence-corrected chi connectivity index (χ0v) is 18.5. The molecule has 0 saturated carbocycles. The number of carbonyl (C=O) groups excluding carboxylic acids is 2. The van der Waals surface area contributed by atoms with Crippen molar-refractivity contribution in [3.8, 4) is 0 Å². The third-order valence-corrected chi connectivity index (χ3v) is 5.00. The molecule has 0 amide bonds. The van der Waals surface area contributed by atoms with Gasteiger partial charge in [-0.2, -0.15) is 0 Å². The van der Waals surface area contributed by atoms with E-state index in [-0.39, 0.29) is 26.1 Å². The summed E-state index contributed by atoms with van der Waals surface area (Å²) in [6.07, 6.45) is -2.66. The minimum absolute atomic E-state index is 0.247. The summed E-state index contributed by atoms with van der Waals surface area (Å²) in [5.41, 5.74) is 0. The number of hydrogen-bond donors (Lipinski definition) is 4. The summed E-state index contributed by atoms with van der Waals surface area (Å²) >= 11 is 0. The van der Waals surface area contributed by atoms with Gasteiger partial charge in [0, 0.05) is 12.8 Å². The average molecular weight is 451 g/mol. The molecule has 0 bridgehead atoms. The minimum atomic E-state index is -1.61. The predicted molar refractivity (Wildman–Crippen MR) is 109 cm³/mol. The lowest BCUT2D eigenvalue weighted by Gasteiger charge is -2.40. The molecule has 31 heavy (non-hydrogen) atoms. The van der Waals surface area contributed by atoms with Gasteiger partial charge in [-0.25, -0.2) is 0 Å². The van der Waals surface area contributed by atoms with Gasteiger partial charge in [-0.1, -0.05) is 39.5 Å². The van der Waals surface area contributed by atoms with E-state index in [1.807, 2.05) is 13.8 Å². The van der Waals surface area contributed by atoms with E-state index in [2.05, 4.69) is 0 Å². The van der Waals surface area contributed by atoms with Crippen LogP contribution >= 0.6 is 0 Å². The van der Waals surface area contributed by atoms with Gasteiger partial charge in [-0.15, -0.1) is 0 Å². The van der Waals surface area contributed by atoms with E-state index < -0.39 is 55.4 Å². The number of aliphatic hydroxyl groups excluding tert-OH is 4. The molecule has 0 unspecified atom stereocenters. The SMILES string of the molecule is CCCCCC(=O)OCC(COC(=O)CCCCC)O[C@@H]1O[C@H](CO)[C@@H](O)[C@H](O)[C@H]1O. The Morgan fingerprint density at radius 2 is 1.35 bits per heavy atom. The summed E-state index contributed by atoms with van der Waals surface area (Å²) in [7, 11) is 0. The molecule has 1 aliphatic heterocycles. The summed E-state index contributed by atoms with van der Waals surface area (Å²) in [4.78, 5) is 23.8. The van der Waals surface area contributed by atoms with E-state index in [1.165, 1.54) is 0 Å². The zero-order valence-electron chi connectivity index (χ0n) is 18.5. The number of ether oxygens (including phenoxy) is 4. The molecule has 0 aromatic carbocycles. The van der Waals surface area contributed by atoms with Gasteiger partial charge in [0.15, 0.2) is 6.29 Å². The van der Waals surface area contributed by atoms with Crippen LogP contribution in [0.3, 0.4) is 0 Å². The Morgan fingerprint density at radius 3 is 1.81 bits per heavy atom. The van der Waals surface area contributed by atoms with Crippen LogP contribution in [0.4, 0.5) is 0 Å². The smallest absolute Gasteiger partial charge is 0.305 e. The fraction of sp³-hybridized carbons (Fsp3) is 0.905. The molecular weight excluding hydrogens is 412 g/mol. The van der Waals surface area contributed by atoms with Crippen LogP contribution in [0.5, 0.6) is 0 Å². The van der Waals surface area contributed by atoms with Crippen molar-refractivity contribution in [2.24, 2.45) is 0 Å². The van der Waals surface area contributed by atoms with Gasteiger partial charge in [-0.05, 0) is 12.8 Å². The van der Waals surface area contributed by atoms with E-state index in [1.54, 1.807) is 0 Å². The maximum absolute atomic E-state index is 11.9. The topological polar surface area (TPSA) is 152 Å². The maximum Gasteiger partial charge on any atom is 0.305 e. The molecule has 1 saturated heterocycles. The average Bonchev–Trinajstić information content (AvgIpc) is 2.76. The zero-order chi connectivity index (χ0) is 23.2. The summed E-state index contributed by atoms with van der Waals surface area (Å²) in [6.45, 7) is 2.94. The number of carbonyl (C=O) groups is 2. The van der Waals surface area contributed by atoms with Crippen molar-refractivity contribution < 1.29 is 49.0 Å². The number of unbranched alkanes of at least 4 members (excludes halogenated alkanes) is 4. The van der Waals surface area contributed by atoms with Crippen molar-refractivity contribution in [3.05, 3.63) is 0 Å². The fourth-order valence-electron chi connectivity index (χ4n) is 3.05. The molecule has 0 radical (unpaired) electrons. The molecule has 10 heteroatoms. The third-order valence-electron chi connectivity index (χ3n) is 5.00. The van der Waals surface area contributed by atoms with Gasteiger partial charge in [0.1, 0.15) is 43.7 Å². The lowest BCUT2D eigenvalue weighted by molar-refractivity contribution is -0.315. The Balaban J connectivity index is 2.67. The van der Waals surface area contributed by atoms with Crippen LogP contribution in [0.1, 0.15) is 65.2 Å². The second-order valence-corrected chi connectivity index (χ2v) is 7.74. The van der Waals surface area contributed by atoms with Gasteiger partial charge in [0.25, 0.3) is 0 Å². The monoisotopic (exact) mass is 450 g/mol. The van der Waals surface area contributed by atoms with Crippen molar-refractivity contribution in [2.75, 3.05) is 19.8 Å². The predicted octanol–water partition coefficient (Wildman–Crippen LogP) is 0.419. The van der Waals surface area contributed by atoms with Gasteiger partial charge in [-0.3, -0.25) is 9.59 Å². The van der Waals surface area contributed by atoms with E-state index in [9.17, 15) is 30.0 Å². The summed E-state index contributed by atoms with van der Waals surface area (Å²) in [6, 6.07) is 0. The Labute approximate surface area is 183 Å². The van der Waals surface area contributed by atoms with Gasteiger partial charge in [0.2, 0.25) is 0 Å². The van der Waals surface area contributed by atoms with Crippen molar-refractivity contribution in [1.29, 1.82) is 0 Å². The first-order valence-corrected chi connectivity index (χ1v) is 11.1. The van der Waals surface area contributed by atoms with Crippen LogP contribution in [-0.2, 0) is 28.5 Å². The quantitative estimate of drug-likeness (QED) is 0.204. The lowest BCUT2D eigenvalue weighted by Crippen LogP contribution is -2.60. The van der Waals surface area contributed by atoms with Crippen LogP contribution in [0, 0.1) is 0 Å². The van der Waals surface area contributed by atoms with Crippen LogP contribution in [0.15, 0.2) is 0 Å². The molecule has 0 aromatic heterocycles. The van der Waals surface area contributed by atoms with Gasteiger partial charge >= 0.3 is 11.9 Å². The van der Waals surface area contributed by atoms with E-state index in [4.69, 9.17) is 18.9 Å². The normalized spacial score (nSPS) is 26.1. The third kappa shape index (κ3) is 10.2. The standard InChI is InChI=1S/C21H38O10/c1-3-5-7-9-16(23)28-12-14(13-29-17(24)10-8-6-4-2)30-21-20(27)19(26)18(25)15(11-22)31-21/h14-15,18-22,25-27H,3-13H2,1-2H3/t15-,18-,19+,20-,21-/m1/s1. The maximum atomic E-state index is 11.9. The van der Waals surface area contributed by atoms with Crippen LogP contribution in [-0.4, -0.2) is 89.0 Å². The van der Waals surface area contributed by atoms with Crippen molar-refractivity contribution in [2.45, 2.75) is 102 Å². The number of aliphatic hydroxyl groups is 4. The lowest BCUT2D eigenvalue weighted by atomic mass is 9.99. The minimum Gasteiger partial charge on any atom is -0.463 e. The first kappa shape index (κ1) is 27.7. The molecule has 1 heterocycles. The molecule has 5 atom stereocenters. The summed E-state index contributed by atoms with van der Waals surface area (Å²) in [5, 5.41) is 39.3. The molecule has 4 N–H and O–H groups in total. The number of rotatable bonds is 15. The molecule has 0 aromatic rings. The number of hydrogen-bond acceptors (Lipinski definition) is 10. The highest BCUT2D eigenvalue weighted by atomic mass is 16.7. The van der Waals surface area contributed by atoms with E-state index in [0.717, 1.165) is 25.7 Å². The van der Waals surface area contributed by atoms with Crippen molar-refractivity contribution in [3.63, 3.8) is 0 Å². The van der Waals surface area contributed by atoms with Gasteiger partial charge < -0.3 is 39.4 Å². The van der Waals surface area contributed by atoms with Crippen molar-refractivity contribution >= 4 is 11.9 Å². The van der Waals surface area contributed by atoms with E-state index in [0.29, 0.717) is 12.8 Å². The van der Waals surface area contributed by atoms with Crippen molar-refractivity contribution in [1.82, 2.24) is 0 Å². The molecule has 0 aliphatic carbocycles. The highest BCUT2D eigenvalue weighted by molar-refractivity contribution is 5.69. The molecule has 1 fully saturated rings. The van der Waals surface area contributed by atoms with Crippen LogP contribution in [0.25, 0.3) is 0 Å². The van der Waals surface area contributed by atoms with E-state index >= 15 is 0 Å². The molecule has 1 rings (SSSR count). The molecule has 1 aliphatic rings. The molecule has 0 spiro atoms. The fourth-order valence-corrected chi connectivity index (χ4v) is 3.05. The summed E-state index contributed by atoms with van der Waals surface area (Å²) in [5.74, 6) is -0.852. The Morgan fingerprint density at radius 1 is 0.839 bits per heavy atom. The first-order valence-electron chi connectivity index (χ1n) is 11.1. The second kappa shape index (κ2) is 15.5. The highest BCUT2D eigenvalue weighted by Crippen LogP contribution is 2.23. The number of esters is 2. The van der Waals surface area contributed by atoms with Crippen LogP contribution < -0.4 is 0 Å². The Bertz CT molecular complexity index is 486. The first-order chi connectivity index (χ1) is 14.8. The second-order valence-electron chi connectivity index (χ2n) is 7.74. The Kier molecular flexibility index (Phi) is 13.9.